The molecule has 0 aliphatic heterocycles. The molecule has 18 heavy (non-hydrogen) atoms. The lowest BCUT2D eigenvalue weighted by atomic mass is 10.0. The van der Waals surface area contributed by atoms with Crippen LogP contribution in [0.15, 0.2) is 24.3 Å². The third kappa shape index (κ3) is 6.09. The van der Waals surface area contributed by atoms with Gasteiger partial charge >= 0.3 is 0 Å². The van der Waals surface area contributed by atoms with Crippen LogP contribution in [-0.2, 0) is 16.3 Å². The van der Waals surface area contributed by atoms with Crippen LogP contribution in [0.4, 0.5) is 4.39 Å². The summed E-state index contributed by atoms with van der Waals surface area (Å²) < 4.78 is 35.0. The van der Waals surface area contributed by atoms with Crippen LogP contribution in [-0.4, -0.2) is 26.5 Å². The van der Waals surface area contributed by atoms with E-state index in [2.05, 4.69) is 5.43 Å². The van der Waals surface area contributed by atoms with Gasteiger partial charge in [0.05, 0.1) is 0 Å². The molecule has 0 spiro atoms. The number of halogens is 1. The second-order valence-electron chi connectivity index (χ2n) is 4.47. The van der Waals surface area contributed by atoms with Gasteiger partial charge in [-0.15, -0.1) is 0 Å². The average molecular weight is 274 g/mol. The number of benzene rings is 1. The Kier molecular flexibility index (Phi) is 5.71. The molecule has 0 amide bonds. The highest BCUT2D eigenvalue weighted by atomic mass is 32.2. The van der Waals surface area contributed by atoms with E-state index in [-0.39, 0.29) is 17.6 Å². The van der Waals surface area contributed by atoms with E-state index >= 15 is 0 Å². The number of nitrogens with two attached hydrogens (primary N) is 1. The van der Waals surface area contributed by atoms with Crippen molar-refractivity contribution in [1.82, 2.24) is 5.43 Å². The van der Waals surface area contributed by atoms with Gasteiger partial charge in [-0.3, -0.25) is 11.3 Å². The summed E-state index contributed by atoms with van der Waals surface area (Å²) in [5.41, 5.74) is 3.48. The van der Waals surface area contributed by atoms with Gasteiger partial charge in [-0.05, 0) is 37.0 Å². The predicted octanol–water partition coefficient (Wildman–Crippen LogP) is 1.02. The molecule has 3 N–H and O–H groups in total. The van der Waals surface area contributed by atoms with E-state index in [1.807, 2.05) is 6.07 Å². The van der Waals surface area contributed by atoms with Crippen molar-refractivity contribution >= 4 is 9.84 Å². The van der Waals surface area contributed by atoms with Gasteiger partial charge in [-0.25, -0.2) is 12.8 Å². The van der Waals surface area contributed by atoms with E-state index in [0.29, 0.717) is 19.3 Å². The second-order valence-corrected chi connectivity index (χ2v) is 6.73. The van der Waals surface area contributed by atoms with Gasteiger partial charge in [-0.2, -0.15) is 0 Å². The van der Waals surface area contributed by atoms with Crippen LogP contribution >= 0.6 is 0 Å². The molecule has 1 aromatic rings. The van der Waals surface area contributed by atoms with Crippen molar-refractivity contribution < 1.29 is 12.8 Å². The lowest BCUT2D eigenvalue weighted by molar-refractivity contribution is 0.483. The van der Waals surface area contributed by atoms with Crippen molar-refractivity contribution in [3.05, 3.63) is 35.6 Å². The molecule has 4 nitrogen and oxygen atoms in total. The Bertz CT molecular complexity index is 477. The highest BCUT2D eigenvalue weighted by Gasteiger charge is 2.10. The van der Waals surface area contributed by atoms with Crippen LogP contribution in [0, 0.1) is 5.82 Å². The maximum Gasteiger partial charge on any atom is 0.147 e. The van der Waals surface area contributed by atoms with E-state index in [1.165, 1.54) is 18.4 Å². The van der Waals surface area contributed by atoms with Gasteiger partial charge in [0.1, 0.15) is 15.7 Å². The van der Waals surface area contributed by atoms with Crippen molar-refractivity contribution in [2.45, 2.75) is 25.3 Å². The average Bonchev–Trinajstić information content (AvgIpc) is 2.26. The molecule has 6 heteroatoms. The lowest BCUT2D eigenvalue weighted by Crippen LogP contribution is -2.37. The first-order valence-corrected chi connectivity index (χ1v) is 7.85. The van der Waals surface area contributed by atoms with Crippen molar-refractivity contribution in [3.8, 4) is 0 Å². The largest absolute Gasteiger partial charge is 0.271 e. The molecular weight excluding hydrogens is 255 g/mol. The zero-order valence-electron chi connectivity index (χ0n) is 10.4. The SMILES string of the molecule is CS(=O)(=O)CCCC(Cc1cccc(F)c1)NN. The number of rotatable bonds is 7. The van der Waals surface area contributed by atoms with Gasteiger partial charge < -0.3 is 0 Å². The van der Waals surface area contributed by atoms with Gasteiger partial charge in [0.2, 0.25) is 0 Å². The quantitative estimate of drug-likeness (QED) is 0.575. The molecule has 1 rings (SSSR count). The minimum absolute atomic E-state index is 0.0476. The predicted molar refractivity (Wildman–Crippen MR) is 70.2 cm³/mol. The molecule has 1 unspecified atom stereocenters. The molecular formula is C12H19FN2O2S. The Balaban J connectivity index is 2.47. The van der Waals surface area contributed by atoms with E-state index < -0.39 is 9.84 Å². The van der Waals surface area contributed by atoms with Gasteiger partial charge in [0.15, 0.2) is 0 Å². The smallest absolute Gasteiger partial charge is 0.147 e. The minimum atomic E-state index is -2.94. The summed E-state index contributed by atoms with van der Waals surface area (Å²) in [6.07, 6.45) is 2.98. The zero-order chi connectivity index (χ0) is 13.6. The number of hydrogen-bond donors (Lipinski definition) is 2. The molecule has 0 saturated carbocycles. The molecule has 0 saturated heterocycles. The standard InChI is InChI=1S/C12H19FN2O2S/c1-18(16,17)7-3-6-12(15-14)9-10-4-2-5-11(13)8-10/h2,4-5,8,12,15H,3,6-7,9,14H2,1H3. The van der Waals surface area contributed by atoms with E-state index in [0.717, 1.165) is 5.56 Å². The van der Waals surface area contributed by atoms with Crippen LogP contribution in [0.1, 0.15) is 18.4 Å². The van der Waals surface area contributed by atoms with Gasteiger partial charge in [0, 0.05) is 18.1 Å². The Labute approximate surface area is 107 Å². The third-order valence-electron chi connectivity index (χ3n) is 2.67. The summed E-state index contributed by atoms with van der Waals surface area (Å²) >= 11 is 0. The van der Waals surface area contributed by atoms with Crippen LogP contribution in [0.3, 0.4) is 0 Å². The monoisotopic (exact) mass is 274 g/mol. The van der Waals surface area contributed by atoms with Crippen molar-refractivity contribution in [3.63, 3.8) is 0 Å². The molecule has 0 aliphatic rings. The second kappa shape index (κ2) is 6.82. The third-order valence-corrected chi connectivity index (χ3v) is 3.70. The van der Waals surface area contributed by atoms with E-state index in [4.69, 9.17) is 5.84 Å². The fourth-order valence-electron chi connectivity index (χ4n) is 1.78. The van der Waals surface area contributed by atoms with Crippen molar-refractivity contribution in [2.24, 2.45) is 5.84 Å². The number of nitrogens with one attached hydrogen (secondary N) is 1. The summed E-state index contributed by atoms with van der Waals surface area (Å²) in [6.45, 7) is 0. The van der Waals surface area contributed by atoms with Crippen LogP contribution < -0.4 is 11.3 Å². The fraction of sp³-hybridized carbons (Fsp3) is 0.500. The highest BCUT2D eigenvalue weighted by molar-refractivity contribution is 7.90. The molecule has 0 fully saturated rings. The summed E-state index contributed by atoms with van der Waals surface area (Å²) in [7, 11) is -2.94. The Morgan fingerprint density at radius 2 is 2.17 bits per heavy atom. The Hall–Kier alpha value is -0.980. The summed E-state index contributed by atoms with van der Waals surface area (Å²) in [5.74, 6) is 5.28. The normalized spacial score (nSPS) is 13.5. The number of sulfone groups is 1. The first kappa shape index (κ1) is 15.1. The number of hydrazine groups is 1. The molecule has 102 valence electrons. The summed E-state index contributed by atoms with van der Waals surface area (Å²) in [6, 6.07) is 6.27. The maximum atomic E-state index is 13.0. The van der Waals surface area contributed by atoms with Gasteiger partial charge in [0.25, 0.3) is 0 Å². The van der Waals surface area contributed by atoms with Crippen LogP contribution in [0.5, 0.6) is 0 Å². The topological polar surface area (TPSA) is 72.2 Å². The fourth-order valence-corrected chi connectivity index (χ4v) is 2.48. The highest BCUT2D eigenvalue weighted by Crippen LogP contribution is 2.09. The molecule has 0 bridgehead atoms. The molecule has 0 radical (unpaired) electrons. The molecule has 0 heterocycles. The lowest BCUT2D eigenvalue weighted by Gasteiger charge is -2.15. The Morgan fingerprint density at radius 1 is 1.44 bits per heavy atom. The molecule has 0 aromatic heterocycles. The van der Waals surface area contributed by atoms with E-state index in [9.17, 15) is 12.8 Å². The van der Waals surface area contributed by atoms with Crippen LogP contribution in [0.25, 0.3) is 0 Å². The maximum absolute atomic E-state index is 13.0. The molecule has 0 aliphatic carbocycles. The summed E-state index contributed by atoms with van der Waals surface area (Å²) in [4.78, 5) is 0. The first-order chi connectivity index (χ1) is 8.40. The number of hydrogen-bond acceptors (Lipinski definition) is 4. The molecule has 1 aromatic carbocycles. The Morgan fingerprint density at radius 3 is 2.72 bits per heavy atom. The minimum Gasteiger partial charge on any atom is -0.271 e. The van der Waals surface area contributed by atoms with E-state index in [1.54, 1.807) is 6.07 Å². The van der Waals surface area contributed by atoms with Crippen LogP contribution in [0.2, 0.25) is 0 Å². The summed E-state index contributed by atoms with van der Waals surface area (Å²) in [5, 5.41) is 0. The zero-order valence-corrected chi connectivity index (χ0v) is 11.2. The van der Waals surface area contributed by atoms with Gasteiger partial charge in [-0.1, -0.05) is 12.1 Å². The first-order valence-electron chi connectivity index (χ1n) is 5.79. The van der Waals surface area contributed by atoms with Crippen molar-refractivity contribution in [2.75, 3.05) is 12.0 Å². The van der Waals surface area contributed by atoms with Crippen molar-refractivity contribution in [1.29, 1.82) is 0 Å². The molecule has 1 atom stereocenters.